The highest BCUT2D eigenvalue weighted by Gasteiger charge is 1.82. The number of allylic oxidation sites excluding steroid dienone is 3. The van der Waals surface area contributed by atoms with Gasteiger partial charge in [-0.05, 0) is 12.8 Å². The summed E-state index contributed by atoms with van der Waals surface area (Å²) in [5, 5.41) is 8.42. The Morgan fingerprint density at radius 2 is 1.75 bits per heavy atom. The third kappa shape index (κ3) is 9.44. The quantitative estimate of drug-likeness (QED) is 0.457. The molecule has 1 nitrogen and oxygen atoms in total. The van der Waals surface area contributed by atoms with E-state index in [-0.39, 0.29) is 6.61 Å². The van der Waals surface area contributed by atoms with Gasteiger partial charge < -0.3 is 5.11 Å². The summed E-state index contributed by atoms with van der Waals surface area (Å²) in [5.74, 6) is 0. The van der Waals surface area contributed by atoms with Gasteiger partial charge in [0.1, 0.15) is 0 Å². The fourth-order valence-corrected chi connectivity index (χ4v) is 1.00. The smallest absolute Gasteiger partial charge is 0.0615 e. The summed E-state index contributed by atoms with van der Waals surface area (Å²) in [6.07, 6.45) is 14.2. The molecule has 0 aliphatic carbocycles. The van der Waals surface area contributed by atoms with Gasteiger partial charge in [-0.25, -0.2) is 0 Å². The van der Waals surface area contributed by atoms with Crippen molar-refractivity contribution in [3.63, 3.8) is 0 Å². The van der Waals surface area contributed by atoms with Crippen LogP contribution in [0, 0.1) is 0 Å². The minimum Gasteiger partial charge on any atom is -0.392 e. The monoisotopic (exact) mass is 168 g/mol. The zero-order valence-corrected chi connectivity index (χ0v) is 8.00. The highest BCUT2D eigenvalue weighted by Crippen LogP contribution is 2.02. The van der Waals surface area contributed by atoms with E-state index in [0.29, 0.717) is 0 Å². The molecule has 0 saturated carbocycles. The first-order valence-corrected chi connectivity index (χ1v) is 4.84. The van der Waals surface area contributed by atoms with Gasteiger partial charge in [0.05, 0.1) is 6.61 Å². The van der Waals surface area contributed by atoms with Gasteiger partial charge in [0.15, 0.2) is 0 Å². The van der Waals surface area contributed by atoms with Crippen LogP contribution < -0.4 is 0 Å². The second-order valence-corrected chi connectivity index (χ2v) is 2.89. The van der Waals surface area contributed by atoms with Crippen LogP contribution in [-0.2, 0) is 0 Å². The third-order valence-electron chi connectivity index (χ3n) is 1.71. The molecule has 0 aromatic rings. The number of aliphatic hydroxyl groups excluding tert-OH is 1. The maximum atomic E-state index is 8.42. The van der Waals surface area contributed by atoms with Crippen molar-refractivity contribution < 1.29 is 5.11 Å². The van der Waals surface area contributed by atoms with E-state index >= 15 is 0 Å². The van der Waals surface area contributed by atoms with Gasteiger partial charge in [-0.1, -0.05) is 50.5 Å². The van der Waals surface area contributed by atoms with Crippen molar-refractivity contribution >= 4 is 0 Å². The number of hydrogen-bond acceptors (Lipinski definition) is 1. The van der Waals surface area contributed by atoms with Crippen molar-refractivity contribution in [3.05, 3.63) is 24.3 Å². The van der Waals surface area contributed by atoms with Crippen LogP contribution in [0.25, 0.3) is 0 Å². The predicted octanol–water partition coefficient (Wildman–Crippen LogP) is 3.06. The van der Waals surface area contributed by atoms with Gasteiger partial charge in [0.2, 0.25) is 0 Å². The summed E-state index contributed by atoms with van der Waals surface area (Å²) in [5.41, 5.74) is 0. The van der Waals surface area contributed by atoms with Gasteiger partial charge in [0, 0.05) is 0 Å². The van der Waals surface area contributed by atoms with E-state index in [0.717, 1.165) is 6.42 Å². The fourth-order valence-electron chi connectivity index (χ4n) is 1.00. The molecule has 0 aliphatic heterocycles. The Bertz CT molecular complexity index is 125. The number of rotatable bonds is 7. The molecule has 0 aromatic carbocycles. The van der Waals surface area contributed by atoms with E-state index < -0.39 is 0 Å². The molecule has 12 heavy (non-hydrogen) atoms. The summed E-state index contributed by atoms with van der Waals surface area (Å²) < 4.78 is 0. The van der Waals surface area contributed by atoms with Crippen LogP contribution in [-0.4, -0.2) is 11.7 Å². The second kappa shape index (κ2) is 10.4. The number of unbranched alkanes of at least 4 members (excludes halogenated alkanes) is 4. The first kappa shape index (κ1) is 11.4. The molecule has 0 fully saturated rings. The van der Waals surface area contributed by atoms with Crippen LogP contribution in [0.15, 0.2) is 24.3 Å². The van der Waals surface area contributed by atoms with Crippen LogP contribution in [0.1, 0.15) is 39.0 Å². The van der Waals surface area contributed by atoms with Crippen LogP contribution in [0.5, 0.6) is 0 Å². The first-order valence-electron chi connectivity index (χ1n) is 4.84. The Kier molecular flexibility index (Phi) is 9.95. The van der Waals surface area contributed by atoms with Crippen molar-refractivity contribution in [2.45, 2.75) is 39.0 Å². The molecule has 0 bridgehead atoms. The Morgan fingerprint density at radius 1 is 1.00 bits per heavy atom. The van der Waals surface area contributed by atoms with E-state index in [1.807, 2.05) is 12.2 Å². The number of aliphatic hydroxyl groups is 1. The summed E-state index contributed by atoms with van der Waals surface area (Å²) >= 11 is 0. The van der Waals surface area contributed by atoms with Gasteiger partial charge in [0.25, 0.3) is 0 Å². The molecule has 1 heteroatoms. The highest BCUT2D eigenvalue weighted by molar-refractivity contribution is 5.02. The lowest BCUT2D eigenvalue weighted by Crippen LogP contribution is -1.73. The summed E-state index contributed by atoms with van der Waals surface area (Å²) in [7, 11) is 0. The zero-order chi connectivity index (χ0) is 9.07. The highest BCUT2D eigenvalue weighted by atomic mass is 16.2. The van der Waals surface area contributed by atoms with Crippen molar-refractivity contribution in [1.29, 1.82) is 0 Å². The van der Waals surface area contributed by atoms with Gasteiger partial charge >= 0.3 is 0 Å². The molecule has 0 saturated heterocycles. The number of hydrogen-bond donors (Lipinski definition) is 1. The normalized spacial score (nSPS) is 11.8. The SMILES string of the molecule is CCCCCCC=CC=CCO. The molecule has 0 unspecified atom stereocenters. The van der Waals surface area contributed by atoms with Crippen molar-refractivity contribution in [3.8, 4) is 0 Å². The molecule has 0 radical (unpaired) electrons. The van der Waals surface area contributed by atoms with Crippen LogP contribution in [0.2, 0.25) is 0 Å². The Balaban J connectivity index is 3.07. The van der Waals surface area contributed by atoms with Gasteiger partial charge in [-0.15, -0.1) is 0 Å². The maximum absolute atomic E-state index is 8.42. The van der Waals surface area contributed by atoms with Crippen LogP contribution in [0.4, 0.5) is 0 Å². The Hall–Kier alpha value is -0.560. The molecule has 0 spiro atoms. The third-order valence-corrected chi connectivity index (χ3v) is 1.71. The molecular weight excluding hydrogens is 148 g/mol. The molecule has 0 atom stereocenters. The Morgan fingerprint density at radius 3 is 2.42 bits per heavy atom. The molecular formula is C11H20O. The minimum absolute atomic E-state index is 0.139. The van der Waals surface area contributed by atoms with E-state index in [4.69, 9.17) is 5.11 Å². The largest absolute Gasteiger partial charge is 0.392 e. The lowest BCUT2D eigenvalue weighted by atomic mass is 10.1. The lowest BCUT2D eigenvalue weighted by molar-refractivity contribution is 0.343. The molecule has 70 valence electrons. The van der Waals surface area contributed by atoms with Crippen molar-refractivity contribution in [1.82, 2.24) is 0 Å². The molecule has 0 amide bonds. The van der Waals surface area contributed by atoms with Crippen molar-refractivity contribution in [2.24, 2.45) is 0 Å². The summed E-state index contributed by atoms with van der Waals surface area (Å²) in [6.45, 7) is 2.36. The van der Waals surface area contributed by atoms with E-state index in [1.165, 1.54) is 25.7 Å². The molecule has 0 aliphatic rings. The Labute approximate surface area is 75.8 Å². The van der Waals surface area contributed by atoms with Crippen LogP contribution >= 0.6 is 0 Å². The average molecular weight is 168 g/mol. The maximum Gasteiger partial charge on any atom is 0.0615 e. The fraction of sp³-hybridized carbons (Fsp3) is 0.636. The topological polar surface area (TPSA) is 20.2 Å². The van der Waals surface area contributed by atoms with Crippen LogP contribution in [0.3, 0.4) is 0 Å². The van der Waals surface area contributed by atoms with Crippen molar-refractivity contribution in [2.75, 3.05) is 6.61 Å². The molecule has 0 heterocycles. The lowest BCUT2D eigenvalue weighted by Gasteiger charge is -1.92. The minimum atomic E-state index is 0.139. The molecule has 0 aromatic heterocycles. The molecule has 1 N–H and O–H groups in total. The first-order chi connectivity index (χ1) is 5.91. The average Bonchev–Trinajstić information content (AvgIpc) is 2.10. The predicted molar refractivity (Wildman–Crippen MR) is 54.1 cm³/mol. The van der Waals surface area contributed by atoms with Gasteiger partial charge in [-0.3, -0.25) is 0 Å². The van der Waals surface area contributed by atoms with E-state index in [2.05, 4.69) is 13.0 Å². The summed E-state index contributed by atoms with van der Waals surface area (Å²) in [6, 6.07) is 0. The van der Waals surface area contributed by atoms with E-state index in [1.54, 1.807) is 6.08 Å². The van der Waals surface area contributed by atoms with Gasteiger partial charge in [-0.2, -0.15) is 0 Å². The van der Waals surface area contributed by atoms with E-state index in [9.17, 15) is 0 Å². The summed E-state index contributed by atoms with van der Waals surface area (Å²) in [4.78, 5) is 0. The zero-order valence-electron chi connectivity index (χ0n) is 8.00. The molecule has 0 rings (SSSR count). The standard InChI is InChI=1S/C11H20O/c1-2-3-4-5-6-7-8-9-10-11-12/h7-10,12H,2-6,11H2,1H3. The second-order valence-electron chi connectivity index (χ2n) is 2.89.